The Morgan fingerprint density at radius 3 is 2.86 bits per heavy atom. The SMILES string of the molecule is CCNC(Cc1csc2ccccc12)c1cnn(C)c1C. The van der Waals surface area contributed by atoms with Crippen molar-refractivity contribution in [1.29, 1.82) is 0 Å². The molecule has 1 N–H and O–H groups in total. The molecule has 2 heterocycles. The maximum absolute atomic E-state index is 4.39. The summed E-state index contributed by atoms with van der Waals surface area (Å²) in [4.78, 5) is 0. The van der Waals surface area contributed by atoms with E-state index in [1.165, 1.54) is 26.9 Å². The lowest BCUT2D eigenvalue weighted by Crippen LogP contribution is -2.23. The number of fused-ring (bicyclic) bond motifs is 1. The van der Waals surface area contributed by atoms with Crippen molar-refractivity contribution in [3.05, 3.63) is 52.7 Å². The highest BCUT2D eigenvalue weighted by Crippen LogP contribution is 2.30. The summed E-state index contributed by atoms with van der Waals surface area (Å²) in [6.45, 7) is 5.25. The van der Waals surface area contributed by atoms with Gasteiger partial charge in [-0.15, -0.1) is 11.3 Å². The molecule has 0 aliphatic rings. The van der Waals surface area contributed by atoms with Gasteiger partial charge in [0.05, 0.1) is 6.20 Å². The van der Waals surface area contributed by atoms with Gasteiger partial charge in [0, 0.05) is 29.0 Å². The van der Waals surface area contributed by atoms with Crippen LogP contribution in [0, 0.1) is 6.92 Å². The van der Waals surface area contributed by atoms with E-state index in [4.69, 9.17) is 0 Å². The molecule has 1 aromatic carbocycles. The van der Waals surface area contributed by atoms with Gasteiger partial charge in [-0.1, -0.05) is 25.1 Å². The lowest BCUT2D eigenvalue weighted by Gasteiger charge is -2.17. The van der Waals surface area contributed by atoms with Gasteiger partial charge in [0.25, 0.3) is 0 Å². The normalized spacial score (nSPS) is 12.9. The molecule has 3 aromatic rings. The van der Waals surface area contributed by atoms with E-state index in [1.807, 2.05) is 29.3 Å². The first-order chi connectivity index (χ1) is 10.2. The lowest BCUT2D eigenvalue weighted by atomic mass is 9.99. The molecule has 2 aromatic heterocycles. The molecule has 4 heteroatoms. The Balaban J connectivity index is 1.94. The Morgan fingerprint density at radius 2 is 2.14 bits per heavy atom. The number of hydrogen-bond acceptors (Lipinski definition) is 3. The lowest BCUT2D eigenvalue weighted by molar-refractivity contribution is 0.548. The van der Waals surface area contributed by atoms with Gasteiger partial charge in [-0.3, -0.25) is 4.68 Å². The fraction of sp³-hybridized carbons (Fsp3) is 0.353. The van der Waals surface area contributed by atoms with Crippen LogP contribution in [0.5, 0.6) is 0 Å². The van der Waals surface area contributed by atoms with Gasteiger partial charge in [0.15, 0.2) is 0 Å². The summed E-state index contributed by atoms with van der Waals surface area (Å²) in [5, 5.41) is 11.7. The second-order valence-corrected chi connectivity index (χ2v) is 6.29. The zero-order chi connectivity index (χ0) is 14.8. The highest BCUT2D eigenvalue weighted by molar-refractivity contribution is 7.17. The van der Waals surface area contributed by atoms with E-state index < -0.39 is 0 Å². The highest BCUT2D eigenvalue weighted by atomic mass is 32.1. The molecular formula is C17H21N3S. The monoisotopic (exact) mass is 299 g/mol. The molecule has 110 valence electrons. The van der Waals surface area contributed by atoms with Gasteiger partial charge in [-0.2, -0.15) is 5.10 Å². The topological polar surface area (TPSA) is 29.9 Å². The predicted molar refractivity (Wildman–Crippen MR) is 89.9 cm³/mol. The van der Waals surface area contributed by atoms with Crippen molar-refractivity contribution in [2.45, 2.75) is 26.3 Å². The van der Waals surface area contributed by atoms with E-state index in [9.17, 15) is 0 Å². The number of benzene rings is 1. The molecule has 3 rings (SSSR count). The molecule has 1 atom stereocenters. The summed E-state index contributed by atoms with van der Waals surface area (Å²) in [5.74, 6) is 0. The second kappa shape index (κ2) is 6.00. The highest BCUT2D eigenvalue weighted by Gasteiger charge is 2.18. The molecule has 21 heavy (non-hydrogen) atoms. The second-order valence-electron chi connectivity index (χ2n) is 5.38. The number of thiophene rings is 1. The first-order valence-electron chi connectivity index (χ1n) is 7.37. The van der Waals surface area contributed by atoms with Gasteiger partial charge >= 0.3 is 0 Å². The van der Waals surface area contributed by atoms with Crippen molar-refractivity contribution in [1.82, 2.24) is 15.1 Å². The van der Waals surface area contributed by atoms with Crippen LogP contribution in [0.2, 0.25) is 0 Å². The molecule has 0 spiro atoms. The molecule has 3 nitrogen and oxygen atoms in total. The number of aryl methyl sites for hydroxylation is 1. The van der Waals surface area contributed by atoms with Gasteiger partial charge in [0.1, 0.15) is 0 Å². The Hall–Kier alpha value is -1.65. The Bertz CT molecular complexity index is 741. The zero-order valence-corrected chi connectivity index (χ0v) is 13.6. The number of nitrogens with zero attached hydrogens (tertiary/aromatic N) is 2. The number of hydrogen-bond donors (Lipinski definition) is 1. The van der Waals surface area contributed by atoms with Crippen LogP contribution in [0.25, 0.3) is 10.1 Å². The molecule has 0 fully saturated rings. The fourth-order valence-corrected chi connectivity index (χ4v) is 3.78. The van der Waals surface area contributed by atoms with E-state index in [0.29, 0.717) is 6.04 Å². The summed E-state index contributed by atoms with van der Waals surface area (Å²) < 4.78 is 3.32. The number of likely N-dealkylation sites (N-methyl/N-ethyl adjacent to an activating group) is 1. The molecule has 0 aliphatic carbocycles. The van der Waals surface area contributed by atoms with Crippen molar-refractivity contribution in [2.24, 2.45) is 7.05 Å². The molecule has 0 saturated heterocycles. The largest absolute Gasteiger partial charge is 0.310 e. The van der Waals surface area contributed by atoms with E-state index in [0.717, 1.165) is 13.0 Å². The van der Waals surface area contributed by atoms with Gasteiger partial charge < -0.3 is 5.32 Å². The molecule has 0 bridgehead atoms. The van der Waals surface area contributed by atoms with E-state index in [2.05, 4.69) is 53.9 Å². The summed E-state index contributed by atoms with van der Waals surface area (Å²) in [6, 6.07) is 8.97. The predicted octanol–water partition coefficient (Wildman–Crippen LogP) is 3.84. The Kier molecular flexibility index (Phi) is 4.08. The minimum absolute atomic E-state index is 0.321. The van der Waals surface area contributed by atoms with Gasteiger partial charge in [0.2, 0.25) is 0 Å². The summed E-state index contributed by atoms with van der Waals surface area (Å²) in [5.41, 5.74) is 3.96. The van der Waals surface area contributed by atoms with Crippen molar-refractivity contribution in [3.63, 3.8) is 0 Å². The first kappa shape index (κ1) is 14.3. The standard InChI is InChI=1S/C17H21N3S/c1-4-18-16(15-10-19-20(3)12(15)2)9-13-11-21-17-8-6-5-7-14(13)17/h5-8,10-11,16,18H,4,9H2,1-3H3. The van der Waals surface area contributed by atoms with Crippen LogP contribution in [0.1, 0.15) is 29.8 Å². The van der Waals surface area contributed by atoms with Crippen LogP contribution in [0.3, 0.4) is 0 Å². The maximum atomic E-state index is 4.39. The van der Waals surface area contributed by atoms with Gasteiger partial charge in [-0.25, -0.2) is 0 Å². The van der Waals surface area contributed by atoms with Crippen LogP contribution in [0.4, 0.5) is 0 Å². The number of aromatic nitrogens is 2. The average Bonchev–Trinajstić information content (AvgIpc) is 3.04. The Labute approximate surface area is 129 Å². The minimum atomic E-state index is 0.321. The fourth-order valence-electron chi connectivity index (χ4n) is 2.81. The average molecular weight is 299 g/mol. The third-order valence-corrected chi connectivity index (χ3v) is 5.10. The van der Waals surface area contributed by atoms with Crippen molar-refractivity contribution >= 4 is 21.4 Å². The van der Waals surface area contributed by atoms with Crippen LogP contribution >= 0.6 is 11.3 Å². The first-order valence-corrected chi connectivity index (χ1v) is 8.25. The van der Waals surface area contributed by atoms with Crippen molar-refractivity contribution < 1.29 is 0 Å². The number of rotatable bonds is 5. The third kappa shape index (κ3) is 2.74. The molecule has 0 aliphatic heterocycles. The van der Waals surface area contributed by atoms with E-state index >= 15 is 0 Å². The van der Waals surface area contributed by atoms with Crippen LogP contribution in [0.15, 0.2) is 35.8 Å². The molecule has 0 amide bonds. The third-order valence-electron chi connectivity index (χ3n) is 4.08. The summed E-state index contributed by atoms with van der Waals surface area (Å²) in [6.07, 6.45) is 3.00. The maximum Gasteiger partial charge on any atom is 0.0540 e. The van der Waals surface area contributed by atoms with Crippen molar-refractivity contribution in [2.75, 3.05) is 6.54 Å². The number of nitrogens with one attached hydrogen (secondary N) is 1. The van der Waals surface area contributed by atoms with E-state index in [-0.39, 0.29) is 0 Å². The summed E-state index contributed by atoms with van der Waals surface area (Å²) in [7, 11) is 2.00. The molecule has 1 unspecified atom stereocenters. The van der Waals surface area contributed by atoms with Gasteiger partial charge in [-0.05, 0) is 42.3 Å². The van der Waals surface area contributed by atoms with E-state index in [1.54, 1.807) is 0 Å². The molecular weight excluding hydrogens is 278 g/mol. The van der Waals surface area contributed by atoms with Crippen molar-refractivity contribution in [3.8, 4) is 0 Å². The summed E-state index contributed by atoms with van der Waals surface area (Å²) >= 11 is 1.83. The van der Waals surface area contributed by atoms with Crippen LogP contribution in [-0.4, -0.2) is 16.3 Å². The molecule has 0 radical (unpaired) electrons. The quantitative estimate of drug-likeness (QED) is 0.776. The van der Waals surface area contributed by atoms with Crippen LogP contribution < -0.4 is 5.32 Å². The molecule has 0 saturated carbocycles. The zero-order valence-electron chi connectivity index (χ0n) is 12.8. The minimum Gasteiger partial charge on any atom is -0.310 e. The Morgan fingerprint density at radius 1 is 1.33 bits per heavy atom. The smallest absolute Gasteiger partial charge is 0.0540 e. The van der Waals surface area contributed by atoms with Crippen LogP contribution in [-0.2, 0) is 13.5 Å².